The standard InChI is InChI=1S/C22H19BrClN2O4S.Na/c1-15-20(24)3-2-4-21(15)31(29,30)26(14-17-7-11-19(23)12-8-17)13-16-5-9-18(10-6-16)22(27)25-28;/h2-12H,13-14H2,1H3,(H-,25,27,28);/q-1;+1. The van der Waals surface area contributed by atoms with Gasteiger partial charge < -0.3 is 10.7 Å². The van der Waals surface area contributed by atoms with Crippen LogP contribution < -0.4 is 35.0 Å². The van der Waals surface area contributed by atoms with Gasteiger partial charge in [0.2, 0.25) is 15.9 Å². The van der Waals surface area contributed by atoms with Crippen molar-refractivity contribution in [2.24, 2.45) is 0 Å². The summed E-state index contributed by atoms with van der Waals surface area (Å²) in [5.74, 6) is -0.750. The van der Waals surface area contributed by atoms with Gasteiger partial charge in [0.25, 0.3) is 0 Å². The van der Waals surface area contributed by atoms with Crippen molar-refractivity contribution in [1.82, 2.24) is 9.79 Å². The number of nitrogens with zero attached hydrogens (tertiary/aromatic N) is 1. The van der Waals surface area contributed by atoms with Crippen molar-refractivity contribution in [3.63, 3.8) is 0 Å². The molecule has 0 aliphatic heterocycles. The third-order valence-electron chi connectivity index (χ3n) is 4.78. The molecule has 0 radical (unpaired) electrons. The first-order valence-corrected chi connectivity index (χ1v) is 11.8. The summed E-state index contributed by atoms with van der Waals surface area (Å²) in [4.78, 5) is 11.6. The fraction of sp³-hybridized carbons (Fsp3) is 0.136. The van der Waals surface area contributed by atoms with Crippen LogP contribution in [-0.4, -0.2) is 18.6 Å². The second-order valence-corrected chi connectivity index (χ2v) is 10.1. The maximum atomic E-state index is 13.6. The minimum Gasteiger partial charge on any atom is -0.759 e. The number of halogens is 2. The van der Waals surface area contributed by atoms with Gasteiger partial charge in [-0.3, -0.25) is 4.79 Å². The van der Waals surface area contributed by atoms with Gasteiger partial charge in [-0.25, -0.2) is 8.42 Å². The Hall–Kier alpha value is -1.23. The van der Waals surface area contributed by atoms with Crippen LogP contribution in [-0.2, 0) is 23.1 Å². The minimum atomic E-state index is -3.88. The normalized spacial score (nSPS) is 11.2. The summed E-state index contributed by atoms with van der Waals surface area (Å²) in [5.41, 5.74) is 3.49. The Balaban J connectivity index is 0.00000363. The maximum Gasteiger partial charge on any atom is 1.00 e. The molecule has 0 bridgehead atoms. The SMILES string of the molecule is Cc1c(Cl)cccc1S(=O)(=O)N(Cc1ccc(Br)cc1)Cc1ccc(C(=O)N[O-])cc1.[Na+]. The number of carbonyl (C=O) groups is 1. The molecule has 0 aromatic heterocycles. The van der Waals surface area contributed by atoms with E-state index in [1.807, 2.05) is 24.3 Å². The molecule has 0 aliphatic rings. The first-order chi connectivity index (χ1) is 14.7. The molecule has 6 nitrogen and oxygen atoms in total. The van der Waals surface area contributed by atoms with Gasteiger partial charge in [0.1, 0.15) is 0 Å². The largest absolute Gasteiger partial charge is 1.00 e. The Labute approximate surface area is 223 Å². The first-order valence-electron chi connectivity index (χ1n) is 9.23. The molecule has 162 valence electrons. The molecule has 0 atom stereocenters. The summed E-state index contributed by atoms with van der Waals surface area (Å²) in [7, 11) is -3.88. The molecule has 0 heterocycles. The van der Waals surface area contributed by atoms with E-state index in [0.717, 1.165) is 10.0 Å². The third-order valence-corrected chi connectivity index (χ3v) is 7.65. The van der Waals surface area contributed by atoms with E-state index in [0.29, 0.717) is 16.1 Å². The van der Waals surface area contributed by atoms with Crippen LogP contribution in [0.4, 0.5) is 0 Å². The van der Waals surface area contributed by atoms with Crippen LogP contribution in [0.3, 0.4) is 0 Å². The summed E-state index contributed by atoms with van der Waals surface area (Å²) in [6.07, 6.45) is 0. The topological polar surface area (TPSA) is 89.5 Å². The van der Waals surface area contributed by atoms with E-state index in [2.05, 4.69) is 15.9 Å². The molecule has 0 fully saturated rings. The van der Waals surface area contributed by atoms with Crippen LogP contribution >= 0.6 is 27.5 Å². The molecule has 1 amide bonds. The van der Waals surface area contributed by atoms with E-state index in [4.69, 9.17) is 11.6 Å². The number of rotatable bonds is 7. The number of hydrogen-bond acceptors (Lipinski definition) is 4. The number of carbonyl (C=O) groups excluding carboxylic acids is 1. The van der Waals surface area contributed by atoms with Crippen LogP contribution in [0.15, 0.2) is 76.1 Å². The fourth-order valence-electron chi connectivity index (χ4n) is 3.05. The second kappa shape index (κ2) is 11.8. The predicted octanol–water partition coefficient (Wildman–Crippen LogP) is 2.03. The monoisotopic (exact) mass is 544 g/mol. The van der Waals surface area contributed by atoms with Crippen molar-refractivity contribution in [1.29, 1.82) is 0 Å². The molecule has 32 heavy (non-hydrogen) atoms. The van der Waals surface area contributed by atoms with Crippen LogP contribution in [0.2, 0.25) is 5.02 Å². The van der Waals surface area contributed by atoms with Gasteiger partial charge in [-0.2, -0.15) is 4.31 Å². The summed E-state index contributed by atoms with van der Waals surface area (Å²) >= 11 is 9.55. The van der Waals surface area contributed by atoms with Gasteiger partial charge in [0.05, 0.1) is 4.90 Å². The van der Waals surface area contributed by atoms with Gasteiger partial charge in [-0.1, -0.05) is 57.9 Å². The number of hydroxylamine groups is 1. The van der Waals surface area contributed by atoms with Crippen molar-refractivity contribution < 1.29 is 42.8 Å². The van der Waals surface area contributed by atoms with Gasteiger partial charge >= 0.3 is 29.6 Å². The van der Waals surface area contributed by atoms with Crippen molar-refractivity contribution >= 4 is 43.5 Å². The molecule has 3 aromatic rings. The van der Waals surface area contributed by atoms with Crippen molar-refractivity contribution in [2.75, 3.05) is 0 Å². The summed E-state index contributed by atoms with van der Waals surface area (Å²) in [5, 5.41) is 10.9. The number of sulfonamides is 1. The molecule has 0 spiro atoms. The zero-order chi connectivity index (χ0) is 22.6. The maximum absolute atomic E-state index is 13.6. The molecule has 1 N–H and O–H groups in total. The van der Waals surface area contributed by atoms with Crippen LogP contribution in [0.1, 0.15) is 27.0 Å². The fourth-order valence-corrected chi connectivity index (χ4v) is 5.21. The number of benzene rings is 3. The average Bonchev–Trinajstić information content (AvgIpc) is 2.76. The molecule has 0 saturated carbocycles. The van der Waals surface area contributed by atoms with E-state index >= 15 is 0 Å². The van der Waals surface area contributed by atoms with Crippen molar-refractivity contribution in [2.45, 2.75) is 24.9 Å². The Morgan fingerprint density at radius 1 is 1.00 bits per heavy atom. The molecule has 0 unspecified atom stereocenters. The summed E-state index contributed by atoms with van der Waals surface area (Å²) in [6, 6.07) is 18.4. The van der Waals surface area contributed by atoms with Gasteiger partial charge in [-0.05, 0) is 60.0 Å². The molecule has 3 aromatic carbocycles. The molecule has 0 aliphatic carbocycles. The zero-order valence-electron chi connectivity index (χ0n) is 17.5. The Kier molecular flexibility index (Phi) is 9.93. The van der Waals surface area contributed by atoms with Crippen molar-refractivity contribution in [3.8, 4) is 0 Å². The summed E-state index contributed by atoms with van der Waals surface area (Å²) < 4.78 is 29.4. The average molecular weight is 546 g/mol. The van der Waals surface area contributed by atoms with E-state index in [1.165, 1.54) is 28.0 Å². The van der Waals surface area contributed by atoms with Crippen LogP contribution in [0.5, 0.6) is 0 Å². The number of nitrogens with one attached hydrogen (secondary N) is 1. The Morgan fingerprint density at radius 2 is 1.53 bits per heavy atom. The number of amides is 1. The Morgan fingerprint density at radius 3 is 2.06 bits per heavy atom. The third kappa shape index (κ3) is 6.42. The molecule has 0 saturated heterocycles. The summed E-state index contributed by atoms with van der Waals surface area (Å²) in [6.45, 7) is 1.89. The van der Waals surface area contributed by atoms with E-state index in [1.54, 1.807) is 31.2 Å². The van der Waals surface area contributed by atoms with Crippen molar-refractivity contribution in [3.05, 3.63) is 104 Å². The smallest absolute Gasteiger partial charge is 0.759 e. The zero-order valence-corrected chi connectivity index (χ0v) is 22.7. The van der Waals surface area contributed by atoms with E-state index in [-0.39, 0.29) is 53.1 Å². The van der Waals surface area contributed by atoms with Gasteiger partial charge in [-0.15, -0.1) is 0 Å². The second-order valence-electron chi connectivity index (χ2n) is 6.89. The first kappa shape index (κ1) is 27.0. The van der Waals surface area contributed by atoms with Crippen LogP contribution in [0.25, 0.3) is 0 Å². The quantitative estimate of drug-likeness (QED) is 0.364. The molecule has 3 rings (SSSR count). The van der Waals surface area contributed by atoms with Gasteiger partial charge in [0, 0.05) is 28.1 Å². The molecular formula is C22H19BrClN2NaO4S. The Bertz CT molecular complexity index is 1190. The molecular weight excluding hydrogens is 527 g/mol. The van der Waals surface area contributed by atoms with Crippen LogP contribution in [0, 0.1) is 12.1 Å². The minimum absolute atomic E-state index is 0. The predicted molar refractivity (Wildman–Crippen MR) is 124 cm³/mol. The molecule has 10 heteroatoms. The van der Waals surface area contributed by atoms with Gasteiger partial charge in [0.15, 0.2) is 0 Å². The van der Waals surface area contributed by atoms with E-state index < -0.39 is 15.9 Å². The number of hydrogen-bond donors (Lipinski definition) is 1. The van der Waals surface area contributed by atoms with E-state index in [9.17, 15) is 18.4 Å².